The molecule has 0 aliphatic rings. The van der Waals surface area contributed by atoms with Gasteiger partial charge in [-0.1, -0.05) is 23.2 Å². The highest BCUT2D eigenvalue weighted by atomic mass is 35.5. The number of aromatic nitrogens is 2. The summed E-state index contributed by atoms with van der Waals surface area (Å²) in [7, 11) is 0. The van der Waals surface area contributed by atoms with E-state index in [-0.39, 0.29) is 25.3 Å². The quantitative estimate of drug-likeness (QED) is 0.655. The van der Waals surface area contributed by atoms with Gasteiger partial charge in [-0.25, -0.2) is 4.98 Å². The van der Waals surface area contributed by atoms with Crippen molar-refractivity contribution < 1.29 is 23.0 Å². The molecular formula is C17H13Cl2F3N2O2. The van der Waals surface area contributed by atoms with E-state index in [0.29, 0.717) is 27.1 Å². The lowest BCUT2D eigenvalue weighted by molar-refractivity contribution is -0.137. The van der Waals surface area contributed by atoms with Crippen LogP contribution in [0.15, 0.2) is 36.4 Å². The summed E-state index contributed by atoms with van der Waals surface area (Å²) in [4.78, 5) is 4.23. The van der Waals surface area contributed by atoms with Crippen LogP contribution in [0, 0.1) is 0 Å². The number of alkyl halides is 3. The Bertz CT molecular complexity index is 942. The highest BCUT2D eigenvalue weighted by Gasteiger charge is 2.31. The molecule has 0 unspecified atom stereocenters. The molecule has 0 fully saturated rings. The predicted octanol–water partition coefficient (Wildman–Crippen LogP) is 4.93. The summed E-state index contributed by atoms with van der Waals surface area (Å²) in [5.74, 6) is 0.744. The molecule has 4 nitrogen and oxygen atoms in total. The minimum absolute atomic E-state index is 0.0304. The highest BCUT2D eigenvalue weighted by Crippen LogP contribution is 2.32. The molecule has 1 N–H and O–H groups in total. The Morgan fingerprint density at radius 3 is 2.54 bits per heavy atom. The van der Waals surface area contributed by atoms with Crippen LogP contribution in [-0.2, 0) is 19.3 Å². The molecule has 9 heteroatoms. The average molecular weight is 405 g/mol. The van der Waals surface area contributed by atoms with Crippen molar-refractivity contribution in [1.29, 1.82) is 0 Å². The van der Waals surface area contributed by atoms with E-state index in [1.165, 1.54) is 12.1 Å². The first-order valence-electron chi connectivity index (χ1n) is 7.54. The van der Waals surface area contributed by atoms with Crippen LogP contribution in [0.1, 0.15) is 11.4 Å². The van der Waals surface area contributed by atoms with Crippen LogP contribution in [0.3, 0.4) is 0 Å². The number of fused-ring (bicyclic) bond motifs is 1. The van der Waals surface area contributed by atoms with Gasteiger partial charge in [0.05, 0.1) is 28.2 Å². The van der Waals surface area contributed by atoms with Gasteiger partial charge in [0.15, 0.2) is 0 Å². The molecule has 3 aromatic rings. The molecule has 0 saturated carbocycles. The maximum Gasteiger partial charge on any atom is 0.416 e. The minimum atomic E-state index is -4.46. The lowest BCUT2D eigenvalue weighted by Gasteiger charge is -2.10. The molecule has 0 aliphatic carbocycles. The maximum absolute atomic E-state index is 12.9. The van der Waals surface area contributed by atoms with Gasteiger partial charge < -0.3 is 14.4 Å². The normalized spacial score (nSPS) is 11.9. The lowest BCUT2D eigenvalue weighted by Crippen LogP contribution is -2.10. The summed E-state index contributed by atoms with van der Waals surface area (Å²) >= 11 is 11.9. The van der Waals surface area contributed by atoms with E-state index < -0.39 is 11.7 Å². The number of imidazole rings is 1. The molecular weight excluding hydrogens is 392 g/mol. The zero-order valence-electron chi connectivity index (χ0n) is 13.2. The van der Waals surface area contributed by atoms with Crippen molar-refractivity contribution in [1.82, 2.24) is 9.55 Å². The second-order valence-corrected chi connectivity index (χ2v) is 6.31. The van der Waals surface area contributed by atoms with Crippen molar-refractivity contribution in [2.75, 3.05) is 6.61 Å². The van der Waals surface area contributed by atoms with Crippen LogP contribution in [0.4, 0.5) is 13.2 Å². The second-order valence-electron chi connectivity index (χ2n) is 5.47. The summed E-state index contributed by atoms with van der Waals surface area (Å²) in [6, 6.07) is 8.01. The molecule has 2 aromatic carbocycles. The lowest BCUT2D eigenvalue weighted by atomic mass is 10.2. The molecule has 26 heavy (non-hydrogen) atoms. The summed E-state index contributed by atoms with van der Waals surface area (Å²) < 4.78 is 45.9. The Morgan fingerprint density at radius 2 is 1.88 bits per heavy atom. The Hall–Kier alpha value is -1.96. The predicted molar refractivity (Wildman–Crippen MR) is 92.6 cm³/mol. The van der Waals surface area contributed by atoms with E-state index in [4.69, 9.17) is 27.9 Å². The number of hydrogen-bond donors (Lipinski definition) is 1. The number of rotatable bonds is 5. The fourth-order valence-corrected chi connectivity index (χ4v) is 3.01. The van der Waals surface area contributed by atoms with Crippen LogP contribution >= 0.6 is 23.2 Å². The topological polar surface area (TPSA) is 47.3 Å². The van der Waals surface area contributed by atoms with Crippen molar-refractivity contribution in [3.05, 3.63) is 57.8 Å². The first-order valence-corrected chi connectivity index (χ1v) is 8.30. The molecule has 0 saturated heterocycles. The zero-order chi connectivity index (χ0) is 18.9. The van der Waals surface area contributed by atoms with Crippen LogP contribution in [0.25, 0.3) is 11.0 Å². The number of ether oxygens (including phenoxy) is 1. The van der Waals surface area contributed by atoms with Crippen molar-refractivity contribution in [2.45, 2.75) is 19.3 Å². The fraction of sp³-hybridized carbons (Fsp3) is 0.235. The molecule has 138 valence electrons. The number of hydrogen-bond acceptors (Lipinski definition) is 3. The average Bonchev–Trinajstić information content (AvgIpc) is 2.91. The van der Waals surface area contributed by atoms with Gasteiger partial charge in [0, 0.05) is 11.6 Å². The number of halogens is 5. The molecule has 0 radical (unpaired) electrons. The first-order chi connectivity index (χ1) is 12.3. The minimum Gasteiger partial charge on any atom is -0.484 e. The third-order valence-electron chi connectivity index (χ3n) is 3.73. The third-order valence-corrected chi connectivity index (χ3v) is 4.26. The van der Waals surface area contributed by atoms with Crippen LogP contribution in [-0.4, -0.2) is 21.3 Å². The molecule has 1 aromatic heterocycles. The van der Waals surface area contributed by atoms with E-state index in [1.807, 2.05) is 0 Å². The van der Waals surface area contributed by atoms with Crippen molar-refractivity contribution in [2.24, 2.45) is 0 Å². The third kappa shape index (κ3) is 3.90. The number of aliphatic hydroxyl groups excluding tert-OH is 1. The molecule has 0 spiro atoms. The van der Waals surface area contributed by atoms with Gasteiger partial charge in [-0.3, -0.25) is 0 Å². The van der Waals surface area contributed by atoms with Gasteiger partial charge in [0.1, 0.15) is 18.2 Å². The van der Waals surface area contributed by atoms with E-state index in [9.17, 15) is 18.3 Å². The second kappa shape index (κ2) is 7.34. The molecule has 1 heterocycles. The number of nitrogens with zero attached hydrogens (tertiary/aromatic N) is 2. The van der Waals surface area contributed by atoms with Crippen LogP contribution in [0.5, 0.6) is 5.75 Å². The SMILES string of the molecule is OCCn1c(COc2ccc(Cl)cc2Cl)nc2cc(C(F)(F)F)ccc21. The first kappa shape index (κ1) is 18.8. The summed E-state index contributed by atoms with van der Waals surface area (Å²) in [6.07, 6.45) is -4.46. The van der Waals surface area contributed by atoms with Gasteiger partial charge in [-0.05, 0) is 36.4 Å². The van der Waals surface area contributed by atoms with Gasteiger partial charge in [-0.15, -0.1) is 0 Å². The largest absolute Gasteiger partial charge is 0.484 e. The highest BCUT2D eigenvalue weighted by molar-refractivity contribution is 6.35. The summed E-state index contributed by atoms with van der Waals surface area (Å²) in [5, 5.41) is 10.0. The van der Waals surface area contributed by atoms with Gasteiger partial charge in [0.2, 0.25) is 0 Å². The van der Waals surface area contributed by atoms with Crippen LogP contribution < -0.4 is 4.74 Å². The van der Waals surface area contributed by atoms with Crippen molar-refractivity contribution in [3.63, 3.8) is 0 Å². The number of benzene rings is 2. The Kier molecular flexibility index (Phi) is 5.32. The Labute approximate surface area is 156 Å². The summed E-state index contributed by atoms with van der Waals surface area (Å²) in [5.41, 5.74) is -0.131. The molecule has 0 amide bonds. The monoisotopic (exact) mass is 404 g/mol. The van der Waals surface area contributed by atoms with Gasteiger partial charge in [-0.2, -0.15) is 13.2 Å². The molecule has 0 atom stereocenters. The van der Waals surface area contributed by atoms with E-state index in [0.717, 1.165) is 12.1 Å². The smallest absolute Gasteiger partial charge is 0.416 e. The van der Waals surface area contributed by atoms with Crippen molar-refractivity contribution >= 4 is 34.2 Å². The Morgan fingerprint density at radius 1 is 1.12 bits per heavy atom. The molecule has 0 bridgehead atoms. The molecule has 3 rings (SSSR count). The van der Waals surface area contributed by atoms with E-state index in [2.05, 4.69) is 4.98 Å². The number of aliphatic hydroxyl groups is 1. The van der Waals surface area contributed by atoms with Crippen molar-refractivity contribution in [3.8, 4) is 5.75 Å². The fourth-order valence-electron chi connectivity index (χ4n) is 2.55. The van der Waals surface area contributed by atoms with E-state index in [1.54, 1.807) is 16.7 Å². The van der Waals surface area contributed by atoms with Gasteiger partial charge >= 0.3 is 6.18 Å². The standard InChI is InChI=1S/C17H13Cl2F3N2O2/c18-11-2-4-15(12(19)8-11)26-9-16-23-13-7-10(17(20,21)22)1-3-14(13)24(16)5-6-25/h1-4,7-8,25H,5-6,9H2. The van der Waals surface area contributed by atoms with Crippen LogP contribution in [0.2, 0.25) is 10.0 Å². The Balaban J connectivity index is 1.94. The molecule has 0 aliphatic heterocycles. The zero-order valence-corrected chi connectivity index (χ0v) is 14.7. The maximum atomic E-state index is 12.9. The van der Waals surface area contributed by atoms with Gasteiger partial charge in [0.25, 0.3) is 0 Å². The summed E-state index contributed by atoms with van der Waals surface area (Å²) in [6.45, 7) is -0.0481. The van der Waals surface area contributed by atoms with E-state index >= 15 is 0 Å².